The van der Waals surface area contributed by atoms with Gasteiger partial charge in [0.2, 0.25) is 0 Å². The van der Waals surface area contributed by atoms with E-state index in [9.17, 15) is 4.79 Å². The molecule has 8 heteroatoms. The van der Waals surface area contributed by atoms with Gasteiger partial charge in [-0.25, -0.2) is 9.97 Å². The molecular weight excluding hydrogens is 450 g/mol. The first-order chi connectivity index (χ1) is 17.5. The Bertz CT molecular complexity index is 1010. The number of rotatable bonds is 16. The monoisotopic (exact) mass is 493 g/mol. The lowest BCUT2D eigenvalue weighted by atomic mass is 10.1. The van der Waals surface area contributed by atoms with Crippen molar-refractivity contribution in [2.24, 2.45) is 7.05 Å². The van der Waals surface area contributed by atoms with Crippen LogP contribution in [-0.4, -0.2) is 73.4 Å². The van der Waals surface area contributed by atoms with E-state index in [-0.39, 0.29) is 5.91 Å². The molecule has 0 spiro atoms. The molecule has 0 aliphatic rings. The number of benzene rings is 1. The summed E-state index contributed by atoms with van der Waals surface area (Å²) in [4.78, 5) is 31.9. The lowest BCUT2D eigenvalue weighted by Crippen LogP contribution is -2.31. The van der Waals surface area contributed by atoms with Gasteiger partial charge in [0.15, 0.2) is 0 Å². The van der Waals surface area contributed by atoms with Crippen molar-refractivity contribution in [3.63, 3.8) is 0 Å². The van der Waals surface area contributed by atoms with E-state index < -0.39 is 0 Å². The molecule has 196 valence electrons. The predicted molar refractivity (Wildman–Crippen MR) is 144 cm³/mol. The fraction of sp³-hybridized carbons (Fsp3) is 0.536. The van der Waals surface area contributed by atoms with Crippen LogP contribution in [0.2, 0.25) is 0 Å². The molecule has 2 aromatic heterocycles. The molecule has 8 nitrogen and oxygen atoms in total. The number of nitrogens with zero attached hydrogens (tertiary/aromatic N) is 6. The van der Waals surface area contributed by atoms with Crippen LogP contribution in [0.1, 0.15) is 67.1 Å². The van der Waals surface area contributed by atoms with E-state index in [0.29, 0.717) is 18.7 Å². The lowest BCUT2D eigenvalue weighted by Gasteiger charge is -2.22. The third kappa shape index (κ3) is 8.60. The molecule has 3 rings (SSSR count). The van der Waals surface area contributed by atoms with Gasteiger partial charge in [-0.2, -0.15) is 0 Å². The first-order valence-corrected chi connectivity index (χ1v) is 13.2. The molecule has 0 bridgehead atoms. The SMILES string of the molecule is CCCN(CCC)CCCCN(C)Cc1ccc(C(=O)N(Cc2ncc[nH]2)Cc2nccn2C)cc1. The molecule has 0 radical (unpaired) electrons. The smallest absolute Gasteiger partial charge is 0.254 e. The first-order valence-electron chi connectivity index (χ1n) is 13.2. The summed E-state index contributed by atoms with van der Waals surface area (Å²) in [5.41, 5.74) is 1.89. The highest BCUT2D eigenvalue weighted by molar-refractivity contribution is 5.94. The normalized spacial score (nSPS) is 11.5. The van der Waals surface area contributed by atoms with Gasteiger partial charge in [0.25, 0.3) is 5.91 Å². The summed E-state index contributed by atoms with van der Waals surface area (Å²) in [5.74, 6) is 1.56. The maximum atomic E-state index is 13.4. The Morgan fingerprint density at radius 1 is 0.917 bits per heavy atom. The number of H-pyrrole nitrogens is 1. The zero-order chi connectivity index (χ0) is 25.8. The lowest BCUT2D eigenvalue weighted by molar-refractivity contribution is 0.0720. The van der Waals surface area contributed by atoms with Crippen LogP contribution in [0, 0.1) is 0 Å². The van der Waals surface area contributed by atoms with Gasteiger partial charge in [-0.1, -0.05) is 26.0 Å². The number of aryl methyl sites for hydroxylation is 1. The van der Waals surface area contributed by atoms with E-state index in [0.717, 1.165) is 24.7 Å². The van der Waals surface area contributed by atoms with Crippen molar-refractivity contribution in [3.05, 3.63) is 71.8 Å². The third-order valence-corrected chi connectivity index (χ3v) is 6.43. The molecule has 1 amide bonds. The van der Waals surface area contributed by atoms with Crippen LogP contribution in [0.4, 0.5) is 0 Å². The molecule has 0 aliphatic carbocycles. The van der Waals surface area contributed by atoms with Gasteiger partial charge in [-0.15, -0.1) is 0 Å². The molecule has 0 saturated heterocycles. The van der Waals surface area contributed by atoms with Gasteiger partial charge in [-0.05, 0) is 76.6 Å². The number of imidazole rings is 2. The molecule has 3 aromatic rings. The minimum atomic E-state index is -0.0296. The Kier molecular flexibility index (Phi) is 11.2. The minimum absolute atomic E-state index is 0.0296. The van der Waals surface area contributed by atoms with Crippen LogP contribution in [0.5, 0.6) is 0 Å². The van der Waals surface area contributed by atoms with E-state index >= 15 is 0 Å². The van der Waals surface area contributed by atoms with Crippen molar-refractivity contribution in [1.82, 2.24) is 34.2 Å². The van der Waals surface area contributed by atoms with Gasteiger partial charge in [0.1, 0.15) is 11.6 Å². The molecular formula is C28H43N7O. The summed E-state index contributed by atoms with van der Waals surface area (Å²) in [6, 6.07) is 8.01. The molecule has 0 atom stereocenters. The average Bonchev–Trinajstić information content (AvgIpc) is 3.53. The van der Waals surface area contributed by atoms with Crippen LogP contribution < -0.4 is 0 Å². The molecule has 0 aliphatic heterocycles. The number of hydrogen-bond donors (Lipinski definition) is 1. The summed E-state index contributed by atoms with van der Waals surface area (Å²) >= 11 is 0. The maximum absolute atomic E-state index is 13.4. The Balaban J connectivity index is 1.53. The van der Waals surface area contributed by atoms with E-state index in [1.807, 2.05) is 29.9 Å². The highest BCUT2D eigenvalue weighted by atomic mass is 16.2. The zero-order valence-corrected chi connectivity index (χ0v) is 22.5. The van der Waals surface area contributed by atoms with E-state index in [2.05, 4.69) is 57.8 Å². The molecule has 36 heavy (non-hydrogen) atoms. The summed E-state index contributed by atoms with van der Waals surface area (Å²) in [6.45, 7) is 10.9. The summed E-state index contributed by atoms with van der Waals surface area (Å²) in [7, 11) is 4.11. The quantitative estimate of drug-likeness (QED) is 0.301. The van der Waals surface area contributed by atoms with Gasteiger partial charge in [0, 0.05) is 43.9 Å². The molecule has 2 heterocycles. The topological polar surface area (TPSA) is 73.3 Å². The Morgan fingerprint density at radius 2 is 1.64 bits per heavy atom. The van der Waals surface area contributed by atoms with Crippen molar-refractivity contribution in [2.45, 2.75) is 59.2 Å². The molecule has 0 unspecified atom stereocenters. The second-order valence-electron chi connectivity index (χ2n) is 9.63. The van der Waals surface area contributed by atoms with Crippen LogP contribution in [0.15, 0.2) is 49.1 Å². The Morgan fingerprint density at radius 3 is 2.25 bits per heavy atom. The van der Waals surface area contributed by atoms with Crippen molar-refractivity contribution in [3.8, 4) is 0 Å². The van der Waals surface area contributed by atoms with E-state index in [1.54, 1.807) is 23.5 Å². The highest BCUT2D eigenvalue weighted by Crippen LogP contribution is 2.14. The van der Waals surface area contributed by atoms with E-state index in [4.69, 9.17) is 0 Å². The van der Waals surface area contributed by atoms with Crippen molar-refractivity contribution >= 4 is 5.91 Å². The second-order valence-corrected chi connectivity index (χ2v) is 9.63. The van der Waals surface area contributed by atoms with Crippen molar-refractivity contribution in [2.75, 3.05) is 33.2 Å². The minimum Gasteiger partial charge on any atom is -0.347 e. The van der Waals surface area contributed by atoms with Gasteiger partial charge >= 0.3 is 0 Å². The predicted octanol–water partition coefficient (Wildman–Crippen LogP) is 4.32. The first kappa shape index (κ1) is 27.6. The van der Waals surface area contributed by atoms with Crippen molar-refractivity contribution in [1.29, 1.82) is 0 Å². The fourth-order valence-electron chi connectivity index (χ4n) is 4.50. The Labute approximate surface area is 216 Å². The zero-order valence-electron chi connectivity index (χ0n) is 22.5. The highest BCUT2D eigenvalue weighted by Gasteiger charge is 2.19. The standard InChI is InChI=1S/C28H43N7O/c1-5-16-34(17-6-2)19-8-7-18-32(3)21-24-9-11-25(12-10-24)28(36)35(22-26-29-13-14-30-26)23-27-31-15-20-33(27)4/h9-15,20H,5-8,16-19,21-23H2,1-4H3,(H,29,30). The number of aromatic amines is 1. The number of aromatic nitrogens is 4. The largest absolute Gasteiger partial charge is 0.347 e. The number of carbonyl (C=O) groups excluding carboxylic acids is 1. The number of hydrogen-bond acceptors (Lipinski definition) is 5. The average molecular weight is 494 g/mol. The molecule has 0 fully saturated rings. The second kappa shape index (κ2) is 14.6. The number of amides is 1. The number of unbranched alkanes of at least 4 members (excludes halogenated alkanes) is 1. The fourth-order valence-corrected chi connectivity index (χ4v) is 4.50. The van der Waals surface area contributed by atoms with Gasteiger partial charge in [0.05, 0.1) is 13.1 Å². The third-order valence-electron chi connectivity index (χ3n) is 6.43. The molecule has 1 N–H and O–H groups in total. The molecule has 1 aromatic carbocycles. The van der Waals surface area contributed by atoms with Crippen LogP contribution >= 0.6 is 0 Å². The molecule has 0 saturated carbocycles. The Hall–Kier alpha value is -2.97. The number of carbonyl (C=O) groups is 1. The van der Waals surface area contributed by atoms with Crippen LogP contribution in [0.3, 0.4) is 0 Å². The van der Waals surface area contributed by atoms with Crippen LogP contribution in [0.25, 0.3) is 0 Å². The summed E-state index contributed by atoms with van der Waals surface area (Å²) in [5, 5.41) is 0. The number of nitrogens with one attached hydrogen (secondary N) is 1. The van der Waals surface area contributed by atoms with Gasteiger partial charge < -0.3 is 24.3 Å². The van der Waals surface area contributed by atoms with Crippen LogP contribution in [-0.2, 0) is 26.7 Å². The summed E-state index contributed by atoms with van der Waals surface area (Å²) in [6.07, 6.45) is 12.0. The summed E-state index contributed by atoms with van der Waals surface area (Å²) < 4.78 is 1.94. The maximum Gasteiger partial charge on any atom is 0.254 e. The van der Waals surface area contributed by atoms with Gasteiger partial charge in [-0.3, -0.25) is 4.79 Å². The van der Waals surface area contributed by atoms with E-state index in [1.165, 1.54) is 50.9 Å². The van der Waals surface area contributed by atoms with Crippen molar-refractivity contribution < 1.29 is 4.79 Å².